The Labute approximate surface area is 166 Å². The fourth-order valence-corrected chi connectivity index (χ4v) is 2.33. The SMILES string of the molecule is Cl.Cl.OCCNCCNCc1cccc(OCc2ccccc2Cl)c1. The zero-order valence-electron chi connectivity index (χ0n) is 13.9. The van der Waals surface area contributed by atoms with E-state index in [1.807, 2.05) is 42.5 Å². The molecule has 2 rings (SSSR count). The molecule has 2 aromatic carbocycles. The van der Waals surface area contributed by atoms with Gasteiger partial charge >= 0.3 is 0 Å². The summed E-state index contributed by atoms with van der Waals surface area (Å²) in [6.45, 7) is 3.73. The number of rotatable bonds is 10. The summed E-state index contributed by atoms with van der Waals surface area (Å²) in [5, 5.41) is 15.9. The van der Waals surface area contributed by atoms with E-state index in [0.717, 1.165) is 36.0 Å². The molecule has 0 aliphatic carbocycles. The monoisotopic (exact) mass is 406 g/mol. The van der Waals surface area contributed by atoms with Gasteiger partial charge in [0, 0.05) is 36.8 Å². The average molecular weight is 408 g/mol. The van der Waals surface area contributed by atoms with E-state index < -0.39 is 0 Å². The first-order chi connectivity index (χ1) is 11.3. The Balaban J connectivity index is 0.00000288. The van der Waals surface area contributed by atoms with E-state index >= 15 is 0 Å². The Hall–Kier alpha value is -1.01. The van der Waals surface area contributed by atoms with E-state index in [1.54, 1.807) is 0 Å². The van der Waals surface area contributed by atoms with Crippen molar-refractivity contribution in [2.75, 3.05) is 26.2 Å². The van der Waals surface area contributed by atoms with Crippen molar-refractivity contribution in [2.24, 2.45) is 0 Å². The minimum atomic E-state index is 0. The highest BCUT2D eigenvalue weighted by Crippen LogP contribution is 2.19. The predicted molar refractivity (Wildman–Crippen MR) is 108 cm³/mol. The fraction of sp³-hybridized carbons (Fsp3) is 0.333. The highest BCUT2D eigenvalue weighted by molar-refractivity contribution is 6.31. The van der Waals surface area contributed by atoms with E-state index in [0.29, 0.717) is 13.2 Å². The zero-order chi connectivity index (χ0) is 16.3. The van der Waals surface area contributed by atoms with Gasteiger partial charge in [0.2, 0.25) is 0 Å². The van der Waals surface area contributed by atoms with Gasteiger partial charge in [-0.1, -0.05) is 41.9 Å². The normalized spacial score (nSPS) is 9.84. The van der Waals surface area contributed by atoms with Crippen LogP contribution in [0.4, 0.5) is 0 Å². The van der Waals surface area contributed by atoms with Gasteiger partial charge in [0.15, 0.2) is 0 Å². The summed E-state index contributed by atoms with van der Waals surface area (Å²) in [6.07, 6.45) is 0. The van der Waals surface area contributed by atoms with Crippen molar-refractivity contribution in [3.05, 3.63) is 64.7 Å². The number of nitrogens with one attached hydrogen (secondary N) is 2. The number of benzene rings is 2. The first kappa shape index (κ1) is 24.0. The molecule has 4 nitrogen and oxygen atoms in total. The van der Waals surface area contributed by atoms with E-state index in [2.05, 4.69) is 16.7 Å². The number of aliphatic hydroxyl groups excluding tert-OH is 1. The second-order valence-corrected chi connectivity index (χ2v) is 5.59. The average Bonchev–Trinajstić information content (AvgIpc) is 2.58. The molecule has 140 valence electrons. The van der Waals surface area contributed by atoms with Crippen LogP contribution in [0.2, 0.25) is 5.02 Å². The molecular formula is C18H25Cl3N2O2. The molecule has 0 unspecified atom stereocenters. The highest BCUT2D eigenvalue weighted by Gasteiger charge is 2.01. The summed E-state index contributed by atoms with van der Waals surface area (Å²) in [6, 6.07) is 15.7. The molecule has 2 aromatic rings. The van der Waals surface area contributed by atoms with Crippen LogP contribution in [0.3, 0.4) is 0 Å². The molecule has 0 aliphatic heterocycles. The highest BCUT2D eigenvalue weighted by atomic mass is 35.5. The van der Waals surface area contributed by atoms with Crippen molar-refractivity contribution in [1.29, 1.82) is 0 Å². The van der Waals surface area contributed by atoms with Crippen LogP contribution in [0.5, 0.6) is 5.75 Å². The van der Waals surface area contributed by atoms with E-state index in [4.69, 9.17) is 21.4 Å². The van der Waals surface area contributed by atoms with Crippen LogP contribution in [0, 0.1) is 0 Å². The standard InChI is InChI=1S/C18H23ClN2O2.2ClH/c19-18-7-2-1-5-16(18)14-23-17-6-3-4-15(12-17)13-21-9-8-20-10-11-22;;/h1-7,12,20-22H,8-11,13-14H2;2*1H. The Morgan fingerprint density at radius 1 is 0.920 bits per heavy atom. The maximum absolute atomic E-state index is 8.68. The third-order valence-corrected chi connectivity index (χ3v) is 3.72. The van der Waals surface area contributed by atoms with E-state index in [1.165, 1.54) is 5.56 Å². The Morgan fingerprint density at radius 3 is 2.44 bits per heavy atom. The maximum Gasteiger partial charge on any atom is 0.120 e. The van der Waals surface area contributed by atoms with Gasteiger partial charge in [0.1, 0.15) is 12.4 Å². The van der Waals surface area contributed by atoms with Crippen molar-refractivity contribution < 1.29 is 9.84 Å². The van der Waals surface area contributed by atoms with Crippen LogP contribution in [0.25, 0.3) is 0 Å². The van der Waals surface area contributed by atoms with Gasteiger partial charge in [-0.05, 0) is 23.8 Å². The second kappa shape index (κ2) is 14.2. The summed E-state index contributed by atoms with van der Waals surface area (Å²) in [7, 11) is 0. The first-order valence-corrected chi connectivity index (χ1v) is 8.15. The quantitative estimate of drug-likeness (QED) is 0.528. The first-order valence-electron chi connectivity index (χ1n) is 7.77. The Kier molecular flexibility index (Phi) is 13.6. The van der Waals surface area contributed by atoms with Gasteiger partial charge < -0.3 is 20.5 Å². The lowest BCUT2D eigenvalue weighted by atomic mass is 10.2. The van der Waals surface area contributed by atoms with Crippen LogP contribution in [0.1, 0.15) is 11.1 Å². The minimum absolute atomic E-state index is 0. The molecule has 0 atom stereocenters. The Morgan fingerprint density at radius 2 is 1.68 bits per heavy atom. The van der Waals surface area contributed by atoms with Crippen molar-refractivity contribution in [1.82, 2.24) is 10.6 Å². The topological polar surface area (TPSA) is 53.5 Å². The summed E-state index contributed by atoms with van der Waals surface area (Å²) in [5.41, 5.74) is 2.15. The summed E-state index contributed by atoms with van der Waals surface area (Å²) < 4.78 is 5.82. The molecule has 7 heteroatoms. The van der Waals surface area contributed by atoms with Crippen LogP contribution in [0.15, 0.2) is 48.5 Å². The lowest BCUT2D eigenvalue weighted by molar-refractivity contribution is 0.292. The van der Waals surface area contributed by atoms with Crippen LogP contribution >= 0.6 is 36.4 Å². The van der Waals surface area contributed by atoms with E-state index in [9.17, 15) is 0 Å². The van der Waals surface area contributed by atoms with Crippen LogP contribution < -0.4 is 15.4 Å². The van der Waals surface area contributed by atoms with Crippen molar-refractivity contribution in [2.45, 2.75) is 13.2 Å². The molecule has 0 aromatic heterocycles. The molecule has 0 amide bonds. The number of aliphatic hydroxyl groups is 1. The summed E-state index contributed by atoms with van der Waals surface area (Å²) >= 11 is 6.13. The lowest BCUT2D eigenvalue weighted by Gasteiger charge is -2.10. The molecule has 0 heterocycles. The number of hydrogen-bond acceptors (Lipinski definition) is 4. The van der Waals surface area contributed by atoms with Gasteiger partial charge in [-0.3, -0.25) is 0 Å². The molecule has 0 bridgehead atoms. The van der Waals surface area contributed by atoms with Gasteiger partial charge in [-0.2, -0.15) is 0 Å². The third-order valence-electron chi connectivity index (χ3n) is 3.35. The molecular weight excluding hydrogens is 383 g/mol. The van der Waals surface area contributed by atoms with Gasteiger partial charge in [0.05, 0.1) is 6.61 Å². The molecule has 0 aliphatic rings. The summed E-state index contributed by atoms with van der Waals surface area (Å²) in [5.74, 6) is 0.836. The zero-order valence-corrected chi connectivity index (χ0v) is 16.3. The molecule has 0 radical (unpaired) electrons. The lowest BCUT2D eigenvalue weighted by Crippen LogP contribution is -2.28. The fourth-order valence-electron chi connectivity index (χ4n) is 2.14. The molecule has 0 spiro atoms. The maximum atomic E-state index is 8.68. The van der Waals surface area contributed by atoms with Gasteiger partial charge in [-0.15, -0.1) is 24.8 Å². The smallest absolute Gasteiger partial charge is 0.120 e. The minimum Gasteiger partial charge on any atom is -0.489 e. The molecule has 0 saturated carbocycles. The molecule has 0 fully saturated rings. The molecule has 0 saturated heterocycles. The van der Waals surface area contributed by atoms with Crippen LogP contribution in [-0.2, 0) is 13.2 Å². The molecule has 25 heavy (non-hydrogen) atoms. The van der Waals surface area contributed by atoms with Crippen molar-refractivity contribution in [3.8, 4) is 5.75 Å². The van der Waals surface area contributed by atoms with Crippen LogP contribution in [-0.4, -0.2) is 31.3 Å². The Bertz CT molecular complexity index is 600. The predicted octanol–water partition coefficient (Wildman–Crippen LogP) is 3.43. The largest absolute Gasteiger partial charge is 0.489 e. The number of ether oxygens (including phenoxy) is 1. The molecule has 3 N–H and O–H groups in total. The van der Waals surface area contributed by atoms with Gasteiger partial charge in [-0.25, -0.2) is 0 Å². The number of hydrogen-bond donors (Lipinski definition) is 3. The third kappa shape index (κ3) is 9.31. The van der Waals surface area contributed by atoms with Gasteiger partial charge in [0.25, 0.3) is 0 Å². The summed E-state index contributed by atoms with van der Waals surface area (Å²) in [4.78, 5) is 0. The van der Waals surface area contributed by atoms with Crippen molar-refractivity contribution in [3.63, 3.8) is 0 Å². The van der Waals surface area contributed by atoms with Crippen molar-refractivity contribution >= 4 is 36.4 Å². The second-order valence-electron chi connectivity index (χ2n) is 5.18. The number of halogens is 3. The van der Waals surface area contributed by atoms with E-state index in [-0.39, 0.29) is 31.4 Å².